The molecular weight excluding hydrogens is 236 g/mol. The molecule has 2 rings (SSSR count). The summed E-state index contributed by atoms with van der Waals surface area (Å²) in [6.07, 6.45) is 1.67. The van der Waals surface area contributed by atoms with Crippen molar-refractivity contribution in [1.82, 2.24) is 9.97 Å². The topological polar surface area (TPSA) is 66.0 Å². The van der Waals surface area contributed by atoms with Crippen molar-refractivity contribution in [3.8, 4) is 11.3 Å². The van der Waals surface area contributed by atoms with Gasteiger partial charge in [0.25, 0.3) is 0 Å². The van der Waals surface area contributed by atoms with Gasteiger partial charge in [0.05, 0.1) is 10.7 Å². The number of nitrogens with one attached hydrogen (secondary N) is 1. The Hall–Kier alpha value is -1.62. The predicted octanol–water partition coefficient (Wildman–Crippen LogP) is 3.13. The number of aromatic amines is 1. The lowest BCUT2D eigenvalue weighted by Crippen LogP contribution is -2.10. The minimum atomic E-state index is -0.956. The van der Waals surface area contributed by atoms with E-state index in [0.29, 0.717) is 0 Å². The van der Waals surface area contributed by atoms with Crippen LogP contribution >= 0.6 is 11.3 Å². The lowest BCUT2D eigenvalue weighted by atomic mass is 9.98. The summed E-state index contributed by atoms with van der Waals surface area (Å²) in [5.41, 5.74) is 1.85. The molecule has 0 aliphatic rings. The number of nitrogens with zero attached hydrogens (tertiary/aromatic N) is 1. The van der Waals surface area contributed by atoms with Crippen LogP contribution in [0.1, 0.15) is 36.3 Å². The van der Waals surface area contributed by atoms with Gasteiger partial charge in [-0.2, -0.15) is 0 Å². The summed E-state index contributed by atoms with van der Waals surface area (Å²) in [4.78, 5) is 18.0. The predicted molar refractivity (Wildman–Crippen MR) is 67.6 cm³/mol. The van der Waals surface area contributed by atoms with Crippen molar-refractivity contribution in [1.29, 1.82) is 0 Å². The molecule has 0 saturated carbocycles. The van der Waals surface area contributed by atoms with Crippen LogP contribution in [0.15, 0.2) is 17.6 Å². The van der Waals surface area contributed by atoms with Gasteiger partial charge in [-0.25, -0.2) is 9.78 Å². The molecule has 0 spiro atoms. The van der Waals surface area contributed by atoms with E-state index in [2.05, 4.69) is 30.7 Å². The van der Waals surface area contributed by atoms with Crippen molar-refractivity contribution in [2.24, 2.45) is 0 Å². The summed E-state index contributed by atoms with van der Waals surface area (Å²) in [5.74, 6) is -0.956. The Bertz CT molecular complexity index is 549. The lowest BCUT2D eigenvalue weighted by Gasteiger charge is -2.13. The average molecular weight is 250 g/mol. The molecule has 0 radical (unpaired) electrons. The molecule has 0 atom stereocenters. The summed E-state index contributed by atoms with van der Waals surface area (Å²) in [7, 11) is 0. The van der Waals surface area contributed by atoms with Crippen molar-refractivity contribution in [3.63, 3.8) is 0 Å². The van der Waals surface area contributed by atoms with Crippen molar-refractivity contribution >= 4 is 17.3 Å². The molecule has 0 aromatic carbocycles. The maximum Gasteiger partial charge on any atom is 0.352 e. The van der Waals surface area contributed by atoms with Crippen LogP contribution in [0, 0.1) is 0 Å². The van der Waals surface area contributed by atoms with E-state index in [4.69, 9.17) is 5.11 Å². The molecule has 90 valence electrons. The first-order valence-electron chi connectivity index (χ1n) is 5.26. The fourth-order valence-corrected chi connectivity index (χ4v) is 2.33. The highest BCUT2D eigenvalue weighted by Crippen LogP contribution is 2.30. The van der Waals surface area contributed by atoms with Crippen LogP contribution in [-0.2, 0) is 5.41 Å². The second kappa shape index (κ2) is 4.00. The van der Waals surface area contributed by atoms with E-state index in [1.807, 2.05) is 5.38 Å². The van der Waals surface area contributed by atoms with E-state index in [-0.39, 0.29) is 11.1 Å². The van der Waals surface area contributed by atoms with Crippen molar-refractivity contribution < 1.29 is 9.90 Å². The van der Waals surface area contributed by atoms with Gasteiger partial charge in [-0.3, -0.25) is 0 Å². The Kier molecular flexibility index (Phi) is 2.79. The highest BCUT2D eigenvalue weighted by atomic mass is 32.1. The molecule has 0 unspecified atom stereocenters. The first kappa shape index (κ1) is 11.9. The van der Waals surface area contributed by atoms with Crippen molar-refractivity contribution in [2.45, 2.75) is 26.2 Å². The molecular formula is C12H14N2O2S. The Labute approximate surface area is 103 Å². The van der Waals surface area contributed by atoms with Gasteiger partial charge in [0.15, 0.2) is 0 Å². The van der Waals surface area contributed by atoms with Gasteiger partial charge in [0, 0.05) is 22.6 Å². The standard InChI is InChI=1S/C12H14N2O2S/c1-12(2,3)11-14-9(6-17-11)7-4-8(10(15)16)13-5-7/h4-6,13H,1-3H3,(H,15,16). The second-order valence-corrected chi connectivity index (χ2v) is 5.75. The van der Waals surface area contributed by atoms with Crippen molar-refractivity contribution in [2.75, 3.05) is 0 Å². The molecule has 2 aromatic rings. The SMILES string of the molecule is CC(C)(C)c1nc(-c2c[nH]c(C(=O)O)c2)cs1. The number of carboxylic acids is 1. The fourth-order valence-electron chi connectivity index (χ4n) is 1.42. The zero-order valence-electron chi connectivity index (χ0n) is 9.94. The van der Waals surface area contributed by atoms with Crippen molar-refractivity contribution in [3.05, 3.63) is 28.3 Å². The van der Waals surface area contributed by atoms with Gasteiger partial charge < -0.3 is 10.1 Å². The van der Waals surface area contributed by atoms with E-state index in [0.717, 1.165) is 16.3 Å². The molecule has 2 N–H and O–H groups in total. The number of carbonyl (C=O) groups is 1. The Morgan fingerprint density at radius 3 is 2.65 bits per heavy atom. The molecule has 0 saturated heterocycles. The number of H-pyrrole nitrogens is 1. The lowest BCUT2D eigenvalue weighted by molar-refractivity contribution is 0.0691. The van der Waals surface area contributed by atoms with Gasteiger partial charge >= 0.3 is 5.97 Å². The maximum absolute atomic E-state index is 10.8. The van der Waals surface area contributed by atoms with Gasteiger partial charge in [0.1, 0.15) is 5.69 Å². The third kappa shape index (κ3) is 2.39. The number of hydrogen-bond donors (Lipinski definition) is 2. The van der Waals surface area contributed by atoms with E-state index >= 15 is 0 Å². The van der Waals surface area contributed by atoms with E-state index in [9.17, 15) is 4.79 Å². The molecule has 0 bridgehead atoms. The van der Waals surface area contributed by atoms with Crippen LogP contribution in [-0.4, -0.2) is 21.0 Å². The first-order chi connectivity index (χ1) is 7.88. The quantitative estimate of drug-likeness (QED) is 0.860. The van der Waals surface area contributed by atoms with Crippen LogP contribution in [0.4, 0.5) is 0 Å². The molecule has 5 heteroatoms. The fraction of sp³-hybridized carbons (Fsp3) is 0.333. The van der Waals surface area contributed by atoms with Gasteiger partial charge in [-0.05, 0) is 6.07 Å². The van der Waals surface area contributed by atoms with E-state index in [1.165, 1.54) is 0 Å². The van der Waals surface area contributed by atoms with E-state index < -0.39 is 5.97 Å². The number of rotatable bonds is 2. The summed E-state index contributed by atoms with van der Waals surface area (Å²) >= 11 is 1.60. The number of carboxylic acid groups (broad SMARTS) is 1. The summed E-state index contributed by atoms with van der Waals surface area (Å²) in [6, 6.07) is 1.60. The Balaban J connectivity index is 2.34. The van der Waals surface area contributed by atoms with Gasteiger partial charge in [-0.1, -0.05) is 20.8 Å². The van der Waals surface area contributed by atoms with Gasteiger partial charge in [-0.15, -0.1) is 11.3 Å². The number of aromatic nitrogens is 2. The van der Waals surface area contributed by atoms with Crippen LogP contribution < -0.4 is 0 Å². The van der Waals surface area contributed by atoms with Crippen LogP contribution in [0.2, 0.25) is 0 Å². The van der Waals surface area contributed by atoms with Crippen LogP contribution in [0.25, 0.3) is 11.3 Å². The maximum atomic E-state index is 10.8. The third-order valence-corrected chi connectivity index (χ3v) is 3.62. The summed E-state index contributed by atoms with van der Waals surface area (Å²) in [5, 5.41) is 11.8. The molecule has 0 aliphatic carbocycles. The molecule has 0 fully saturated rings. The number of aromatic carboxylic acids is 1. The Morgan fingerprint density at radius 2 is 2.18 bits per heavy atom. The van der Waals surface area contributed by atoms with Crippen LogP contribution in [0.3, 0.4) is 0 Å². The molecule has 4 nitrogen and oxygen atoms in total. The highest BCUT2D eigenvalue weighted by Gasteiger charge is 2.19. The number of hydrogen-bond acceptors (Lipinski definition) is 3. The summed E-state index contributed by atoms with van der Waals surface area (Å²) in [6.45, 7) is 6.32. The monoisotopic (exact) mass is 250 g/mol. The first-order valence-corrected chi connectivity index (χ1v) is 6.14. The van der Waals surface area contributed by atoms with E-state index in [1.54, 1.807) is 23.6 Å². The molecule has 2 aromatic heterocycles. The molecule has 17 heavy (non-hydrogen) atoms. The minimum absolute atomic E-state index is 0.0227. The smallest absolute Gasteiger partial charge is 0.352 e. The Morgan fingerprint density at radius 1 is 1.47 bits per heavy atom. The molecule has 0 aliphatic heterocycles. The number of thiazole rings is 1. The molecule has 0 amide bonds. The molecule has 2 heterocycles. The largest absolute Gasteiger partial charge is 0.477 e. The normalized spacial score (nSPS) is 11.7. The van der Waals surface area contributed by atoms with Crippen LogP contribution in [0.5, 0.6) is 0 Å². The zero-order chi connectivity index (χ0) is 12.6. The van der Waals surface area contributed by atoms with Gasteiger partial charge in [0.2, 0.25) is 0 Å². The summed E-state index contributed by atoms with van der Waals surface area (Å²) < 4.78 is 0. The highest BCUT2D eigenvalue weighted by molar-refractivity contribution is 7.10. The third-order valence-electron chi connectivity index (χ3n) is 2.35. The minimum Gasteiger partial charge on any atom is -0.477 e. The second-order valence-electron chi connectivity index (χ2n) is 4.90. The zero-order valence-corrected chi connectivity index (χ0v) is 10.8. The average Bonchev–Trinajstić information content (AvgIpc) is 2.85.